The molecule has 15 heavy (non-hydrogen) atoms. The van der Waals surface area contributed by atoms with Gasteiger partial charge >= 0.3 is 0 Å². The van der Waals surface area contributed by atoms with Crippen LogP contribution in [0.5, 0.6) is 0 Å². The summed E-state index contributed by atoms with van der Waals surface area (Å²) in [6, 6.07) is 6.64. The van der Waals surface area contributed by atoms with E-state index in [1.54, 1.807) is 0 Å². The quantitative estimate of drug-likeness (QED) is 0.596. The Labute approximate surface area is 94.0 Å². The van der Waals surface area contributed by atoms with Crippen LogP contribution in [0.3, 0.4) is 0 Å². The molecule has 0 heteroatoms. The Morgan fingerprint density at radius 3 is 2.53 bits per heavy atom. The van der Waals surface area contributed by atoms with E-state index in [4.69, 9.17) is 0 Å². The van der Waals surface area contributed by atoms with Crippen molar-refractivity contribution in [2.24, 2.45) is 0 Å². The molecule has 1 aromatic carbocycles. The maximum absolute atomic E-state index is 2.29. The fraction of sp³-hybridized carbons (Fsp3) is 0.467. The highest BCUT2D eigenvalue weighted by atomic mass is 14.0. The van der Waals surface area contributed by atoms with Crippen LogP contribution in [0.4, 0.5) is 0 Å². The van der Waals surface area contributed by atoms with Gasteiger partial charge < -0.3 is 0 Å². The van der Waals surface area contributed by atoms with Crippen LogP contribution in [0.25, 0.3) is 6.08 Å². The first-order valence-corrected chi connectivity index (χ1v) is 5.98. The summed E-state index contributed by atoms with van der Waals surface area (Å²) < 4.78 is 0. The maximum atomic E-state index is 2.29. The van der Waals surface area contributed by atoms with Crippen LogP contribution in [0.1, 0.15) is 49.3 Å². The Bertz CT molecular complexity index is 321. The molecule has 1 rings (SSSR count). The second-order valence-electron chi connectivity index (χ2n) is 4.24. The van der Waals surface area contributed by atoms with E-state index in [1.807, 2.05) is 0 Å². The maximum Gasteiger partial charge on any atom is -0.0257 e. The van der Waals surface area contributed by atoms with E-state index in [0.717, 1.165) is 0 Å². The molecule has 0 aromatic heterocycles. The number of aryl methyl sites for hydroxylation is 2. The third kappa shape index (κ3) is 4.33. The van der Waals surface area contributed by atoms with Crippen LogP contribution in [-0.4, -0.2) is 0 Å². The van der Waals surface area contributed by atoms with Crippen molar-refractivity contribution in [3.8, 4) is 0 Å². The lowest BCUT2D eigenvalue weighted by atomic mass is 10.1. The van der Waals surface area contributed by atoms with Crippen molar-refractivity contribution in [3.63, 3.8) is 0 Å². The summed E-state index contributed by atoms with van der Waals surface area (Å²) in [5.74, 6) is 0. The van der Waals surface area contributed by atoms with E-state index in [-0.39, 0.29) is 0 Å². The SMILES string of the molecule is CCCCCC=Cc1ccc(C)c(C)c1. The number of hydrogen-bond acceptors (Lipinski definition) is 0. The van der Waals surface area contributed by atoms with Crippen molar-refractivity contribution in [3.05, 3.63) is 41.0 Å². The highest BCUT2D eigenvalue weighted by Crippen LogP contribution is 2.11. The molecule has 0 nitrogen and oxygen atoms in total. The van der Waals surface area contributed by atoms with Crippen molar-refractivity contribution >= 4 is 6.08 Å². The minimum absolute atomic E-state index is 1.21. The van der Waals surface area contributed by atoms with Crippen LogP contribution < -0.4 is 0 Å². The fourth-order valence-corrected chi connectivity index (χ4v) is 1.60. The van der Waals surface area contributed by atoms with Gasteiger partial charge in [-0.15, -0.1) is 0 Å². The lowest BCUT2D eigenvalue weighted by molar-refractivity contribution is 0.730. The van der Waals surface area contributed by atoms with E-state index >= 15 is 0 Å². The van der Waals surface area contributed by atoms with Gasteiger partial charge in [0.15, 0.2) is 0 Å². The molecular weight excluding hydrogens is 180 g/mol. The molecule has 0 fully saturated rings. The van der Waals surface area contributed by atoms with Crippen LogP contribution >= 0.6 is 0 Å². The van der Waals surface area contributed by atoms with Gasteiger partial charge in [0, 0.05) is 0 Å². The van der Waals surface area contributed by atoms with E-state index in [9.17, 15) is 0 Å². The van der Waals surface area contributed by atoms with Crippen LogP contribution in [0.2, 0.25) is 0 Å². The molecule has 0 aliphatic heterocycles. The third-order valence-electron chi connectivity index (χ3n) is 2.82. The van der Waals surface area contributed by atoms with Gasteiger partial charge in [-0.1, -0.05) is 50.1 Å². The Hall–Kier alpha value is -1.04. The van der Waals surface area contributed by atoms with Crippen LogP contribution in [0.15, 0.2) is 24.3 Å². The normalized spacial score (nSPS) is 11.1. The van der Waals surface area contributed by atoms with Gasteiger partial charge in [0.1, 0.15) is 0 Å². The molecular formula is C15H22. The zero-order valence-electron chi connectivity index (χ0n) is 10.2. The second-order valence-corrected chi connectivity index (χ2v) is 4.24. The van der Waals surface area contributed by atoms with Crippen molar-refractivity contribution in [2.75, 3.05) is 0 Å². The lowest BCUT2D eigenvalue weighted by Crippen LogP contribution is -1.81. The summed E-state index contributed by atoms with van der Waals surface area (Å²) in [7, 11) is 0. The van der Waals surface area contributed by atoms with Gasteiger partial charge in [-0.25, -0.2) is 0 Å². The summed E-state index contributed by atoms with van der Waals surface area (Å²) in [5, 5.41) is 0. The third-order valence-corrected chi connectivity index (χ3v) is 2.82. The van der Waals surface area contributed by atoms with Gasteiger partial charge in [-0.2, -0.15) is 0 Å². The number of hydrogen-bond donors (Lipinski definition) is 0. The van der Waals surface area contributed by atoms with Gasteiger partial charge in [-0.3, -0.25) is 0 Å². The summed E-state index contributed by atoms with van der Waals surface area (Å²) >= 11 is 0. The van der Waals surface area contributed by atoms with Gasteiger partial charge in [-0.05, 0) is 43.4 Å². The molecule has 0 unspecified atom stereocenters. The molecule has 0 N–H and O–H groups in total. The molecule has 0 atom stereocenters. The van der Waals surface area contributed by atoms with Crippen LogP contribution in [-0.2, 0) is 0 Å². The molecule has 0 aliphatic carbocycles. The standard InChI is InChI=1S/C15H22/c1-4-5-6-7-8-9-15-11-10-13(2)14(3)12-15/h8-12H,4-7H2,1-3H3. The smallest absolute Gasteiger partial charge is 0.0257 e. The minimum atomic E-state index is 1.21. The average molecular weight is 202 g/mol. The van der Waals surface area contributed by atoms with Crippen molar-refractivity contribution in [2.45, 2.75) is 46.5 Å². The monoisotopic (exact) mass is 202 g/mol. The van der Waals surface area contributed by atoms with Gasteiger partial charge in [0.2, 0.25) is 0 Å². The van der Waals surface area contributed by atoms with Crippen molar-refractivity contribution in [1.29, 1.82) is 0 Å². The zero-order chi connectivity index (χ0) is 11.1. The minimum Gasteiger partial charge on any atom is -0.0839 e. The Balaban J connectivity index is 2.46. The Kier molecular flexibility index (Phi) is 5.17. The number of allylic oxidation sites excluding steroid dienone is 1. The first kappa shape index (κ1) is 12.0. The molecule has 82 valence electrons. The molecule has 0 saturated heterocycles. The van der Waals surface area contributed by atoms with E-state index in [0.29, 0.717) is 0 Å². The predicted molar refractivity (Wildman–Crippen MR) is 69.1 cm³/mol. The lowest BCUT2D eigenvalue weighted by Gasteiger charge is -2.00. The van der Waals surface area contributed by atoms with E-state index in [1.165, 1.54) is 42.4 Å². The summed E-state index contributed by atoms with van der Waals surface area (Å²) in [5.41, 5.74) is 4.08. The predicted octanol–water partition coefficient (Wildman–Crippen LogP) is 4.90. The summed E-state index contributed by atoms with van der Waals surface area (Å²) in [6.45, 7) is 6.57. The molecule has 0 spiro atoms. The first-order chi connectivity index (χ1) is 7.24. The number of benzene rings is 1. The highest BCUT2D eigenvalue weighted by molar-refractivity contribution is 5.51. The van der Waals surface area contributed by atoms with E-state index < -0.39 is 0 Å². The van der Waals surface area contributed by atoms with E-state index in [2.05, 4.69) is 51.1 Å². The fourth-order valence-electron chi connectivity index (χ4n) is 1.60. The second kappa shape index (κ2) is 6.44. The average Bonchev–Trinajstić information content (AvgIpc) is 2.23. The van der Waals surface area contributed by atoms with Gasteiger partial charge in [0.25, 0.3) is 0 Å². The largest absolute Gasteiger partial charge is 0.0839 e. The van der Waals surface area contributed by atoms with Crippen molar-refractivity contribution < 1.29 is 0 Å². The highest BCUT2D eigenvalue weighted by Gasteiger charge is 1.92. The summed E-state index contributed by atoms with van der Waals surface area (Å²) in [6.07, 6.45) is 9.70. The molecule has 0 amide bonds. The molecule has 0 bridgehead atoms. The van der Waals surface area contributed by atoms with Crippen LogP contribution in [0, 0.1) is 13.8 Å². The Morgan fingerprint density at radius 2 is 1.87 bits per heavy atom. The first-order valence-electron chi connectivity index (χ1n) is 5.98. The Morgan fingerprint density at radius 1 is 1.07 bits per heavy atom. The topological polar surface area (TPSA) is 0 Å². The summed E-state index contributed by atoms with van der Waals surface area (Å²) in [4.78, 5) is 0. The van der Waals surface area contributed by atoms with Crippen molar-refractivity contribution in [1.82, 2.24) is 0 Å². The molecule has 0 heterocycles. The zero-order valence-corrected chi connectivity index (χ0v) is 10.2. The molecule has 1 aromatic rings. The number of rotatable bonds is 5. The molecule has 0 saturated carbocycles. The molecule has 0 radical (unpaired) electrons. The molecule has 0 aliphatic rings. The van der Waals surface area contributed by atoms with Gasteiger partial charge in [0.05, 0.1) is 0 Å². The number of unbranched alkanes of at least 4 members (excludes halogenated alkanes) is 3.